The molecule has 112 valence electrons. The van der Waals surface area contributed by atoms with Crippen LogP contribution in [0.2, 0.25) is 0 Å². The van der Waals surface area contributed by atoms with E-state index < -0.39 is 0 Å². The van der Waals surface area contributed by atoms with E-state index in [4.69, 9.17) is 4.84 Å². The zero-order valence-corrected chi connectivity index (χ0v) is 13.6. The first-order valence-corrected chi connectivity index (χ1v) is 6.96. The molecule has 0 spiro atoms. The van der Waals surface area contributed by atoms with E-state index in [0.717, 1.165) is 12.1 Å². The number of nitrogens with one attached hydrogen (secondary N) is 1. The first-order valence-electron chi connectivity index (χ1n) is 6.96. The van der Waals surface area contributed by atoms with E-state index in [1.165, 1.54) is 0 Å². The molecule has 0 aromatic heterocycles. The van der Waals surface area contributed by atoms with E-state index >= 15 is 0 Å². The number of nitrogens with zero attached hydrogens (tertiary/aromatic N) is 1. The van der Waals surface area contributed by atoms with Gasteiger partial charge in [0.2, 0.25) is 5.91 Å². The maximum Gasteiger partial charge on any atom is 0.223 e. The summed E-state index contributed by atoms with van der Waals surface area (Å²) in [5.74, 6) is 0.0212. The Balaban J connectivity index is 3.76. The number of carbonyl (C=O) groups is 1. The minimum Gasteiger partial charge on any atom is -0.395 e. The normalized spacial score (nSPS) is 13.3. The molecule has 0 aromatic carbocycles. The van der Waals surface area contributed by atoms with E-state index in [0.29, 0.717) is 19.6 Å². The summed E-state index contributed by atoms with van der Waals surface area (Å²) < 4.78 is 0. The molecule has 0 heterocycles. The van der Waals surface area contributed by atoms with Crippen molar-refractivity contribution in [1.29, 1.82) is 0 Å². The van der Waals surface area contributed by atoms with Crippen LogP contribution in [0.3, 0.4) is 0 Å². The van der Waals surface area contributed by atoms with Gasteiger partial charge in [-0.05, 0) is 18.8 Å². The number of oxime groups is 1. The van der Waals surface area contributed by atoms with Gasteiger partial charge < -0.3 is 10.2 Å². The lowest BCUT2D eigenvalue weighted by atomic mass is 9.91. The van der Waals surface area contributed by atoms with E-state index in [1.54, 1.807) is 0 Å². The largest absolute Gasteiger partial charge is 0.395 e. The first-order chi connectivity index (χ1) is 8.52. The van der Waals surface area contributed by atoms with Gasteiger partial charge in [-0.15, -0.1) is 0 Å². The summed E-state index contributed by atoms with van der Waals surface area (Å²) in [6.07, 6.45) is 1.33. The molecular formula is C15H30N2O2. The zero-order valence-electron chi connectivity index (χ0n) is 13.6. The minimum atomic E-state index is 0.00890. The van der Waals surface area contributed by atoms with Crippen LogP contribution in [0.1, 0.15) is 61.3 Å². The summed E-state index contributed by atoms with van der Waals surface area (Å²) in [4.78, 5) is 16.7. The van der Waals surface area contributed by atoms with Gasteiger partial charge in [0.05, 0.1) is 12.1 Å². The summed E-state index contributed by atoms with van der Waals surface area (Å²) in [6, 6.07) is 0. The molecular weight excluding hydrogens is 240 g/mol. The Morgan fingerprint density at radius 1 is 1.16 bits per heavy atom. The second-order valence-electron chi connectivity index (χ2n) is 7.17. The van der Waals surface area contributed by atoms with Gasteiger partial charge in [0.1, 0.15) is 6.61 Å². The Kier molecular flexibility index (Phi) is 7.09. The molecule has 0 aliphatic rings. The standard InChI is InChI=1S/C15H30N2O2/c1-12(15(5,6)7)17-19-11-8-13(18)16-10-9-14(2,3)4/h8-11H2,1-7H3,(H,16,18)/b17-12+. The number of rotatable bonds is 6. The third-order valence-electron chi connectivity index (χ3n) is 2.90. The summed E-state index contributed by atoms with van der Waals surface area (Å²) in [5.41, 5.74) is 1.19. The molecule has 0 aromatic rings. The highest BCUT2D eigenvalue weighted by Gasteiger charge is 2.15. The molecule has 0 bridgehead atoms. The molecule has 0 fully saturated rings. The molecule has 0 atom stereocenters. The average Bonchev–Trinajstić information content (AvgIpc) is 2.20. The molecule has 19 heavy (non-hydrogen) atoms. The van der Waals surface area contributed by atoms with E-state index in [-0.39, 0.29) is 16.7 Å². The van der Waals surface area contributed by atoms with Gasteiger partial charge in [-0.2, -0.15) is 0 Å². The minimum absolute atomic E-state index is 0.00890. The zero-order chi connectivity index (χ0) is 15.1. The van der Waals surface area contributed by atoms with E-state index in [9.17, 15) is 4.79 Å². The molecule has 0 aliphatic heterocycles. The molecule has 0 aliphatic carbocycles. The van der Waals surface area contributed by atoms with Gasteiger partial charge in [0, 0.05) is 12.0 Å². The Labute approximate surface area is 118 Å². The summed E-state index contributed by atoms with van der Waals surface area (Å²) >= 11 is 0. The maximum absolute atomic E-state index is 11.5. The lowest BCUT2D eigenvalue weighted by Crippen LogP contribution is -2.27. The number of amides is 1. The smallest absolute Gasteiger partial charge is 0.223 e. The van der Waals surface area contributed by atoms with Crippen molar-refractivity contribution in [3.05, 3.63) is 0 Å². The highest BCUT2D eigenvalue weighted by atomic mass is 16.6. The Hall–Kier alpha value is -1.06. The predicted molar refractivity (Wildman–Crippen MR) is 80.2 cm³/mol. The van der Waals surface area contributed by atoms with Crippen molar-refractivity contribution in [3.63, 3.8) is 0 Å². The van der Waals surface area contributed by atoms with Gasteiger partial charge in [0.15, 0.2) is 0 Å². The second kappa shape index (κ2) is 7.51. The Bertz CT molecular complexity index is 309. The van der Waals surface area contributed by atoms with Crippen LogP contribution in [0.25, 0.3) is 0 Å². The van der Waals surface area contributed by atoms with Crippen molar-refractivity contribution >= 4 is 11.6 Å². The summed E-state index contributed by atoms with van der Waals surface area (Å²) in [5, 5.41) is 6.91. The quantitative estimate of drug-likeness (QED) is 0.457. The van der Waals surface area contributed by atoms with Crippen molar-refractivity contribution in [2.75, 3.05) is 13.2 Å². The molecule has 4 nitrogen and oxygen atoms in total. The summed E-state index contributed by atoms with van der Waals surface area (Å²) in [7, 11) is 0. The Morgan fingerprint density at radius 3 is 2.21 bits per heavy atom. The fourth-order valence-corrected chi connectivity index (χ4v) is 1.08. The van der Waals surface area contributed by atoms with Gasteiger partial charge in [0.25, 0.3) is 0 Å². The first kappa shape index (κ1) is 17.9. The van der Waals surface area contributed by atoms with Gasteiger partial charge in [-0.3, -0.25) is 4.79 Å². The fraction of sp³-hybridized carbons (Fsp3) is 0.867. The van der Waals surface area contributed by atoms with Crippen molar-refractivity contribution in [2.24, 2.45) is 16.0 Å². The number of carbonyl (C=O) groups excluding carboxylic acids is 1. The lowest BCUT2D eigenvalue weighted by molar-refractivity contribution is -0.122. The van der Waals surface area contributed by atoms with Crippen LogP contribution in [0.5, 0.6) is 0 Å². The predicted octanol–water partition coefficient (Wildman–Crippen LogP) is 3.37. The molecule has 1 N–H and O–H groups in total. The highest BCUT2D eigenvalue weighted by Crippen LogP contribution is 2.17. The molecule has 0 saturated heterocycles. The number of hydrogen-bond acceptors (Lipinski definition) is 3. The van der Waals surface area contributed by atoms with Crippen LogP contribution in [0.15, 0.2) is 5.16 Å². The maximum atomic E-state index is 11.5. The lowest BCUT2D eigenvalue weighted by Gasteiger charge is -2.18. The molecule has 0 unspecified atom stereocenters. The Morgan fingerprint density at radius 2 is 1.74 bits per heavy atom. The van der Waals surface area contributed by atoms with Gasteiger partial charge >= 0.3 is 0 Å². The second-order valence-corrected chi connectivity index (χ2v) is 7.17. The molecule has 4 heteroatoms. The van der Waals surface area contributed by atoms with Crippen molar-refractivity contribution in [2.45, 2.75) is 61.3 Å². The van der Waals surface area contributed by atoms with Crippen LogP contribution in [0.4, 0.5) is 0 Å². The van der Waals surface area contributed by atoms with Gasteiger partial charge in [-0.1, -0.05) is 46.7 Å². The SMILES string of the molecule is C/C(=N\OCCC(=O)NCCC(C)(C)C)C(C)(C)C. The molecule has 0 rings (SSSR count). The van der Waals surface area contributed by atoms with E-state index in [2.05, 4.69) is 52.0 Å². The van der Waals surface area contributed by atoms with Crippen LogP contribution < -0.4 is 5.32 Å². The molecule has 1 amide bonds. The van der Waals surface area contributed by atoms with Gasteiger partial charge in [-0.25, -0.2) is 0 Å². The molecule has 0 saturated carbocycles. The van der Waals surface area contributed by atoms with Crippen LogP contribution in [-0.2, 0) is 9.63 Å². The van der Waals surface area contributed by atoms with Crippen LogP contribution in [0, 0.1) is 10.8 Å². The third kappa shape index (κ3) is 10.5. The van der Waals surface area contributed by atoms with Crippen LogP contribution in [-0.4, -0.2) is 24.8 Å². The monoisotopic (exact) mass is 270 g/mol. The van der Waals surface area contributed by atoms with Crippen LogP contribution >= 0.6 is 0 Å². The molecule has 0 radical (unpaired) electrons. The van der Waals surface area contributed by atoms with Crippen molar-refractivity contribution in [3.8, 4) is 0 Å². The average molecular weight is 270 g/mol. The van der Waals surface area contributed by atoms with E-state index in [1.807, 2.05) is 6.92 Å². The van der Waals surface area contributed by atoms with Crippen molar-refractivity contribution in [1.82, 2.24) is 5.32 Å². The summed E-state index contributed by atoms with van der Waals surface area (Å²) in [6.45, 7) is 15.7. The number of hydrogen-bond donors (Lipinski definition) is 1. The highest BCUT2D eigenvalue weighted by molar-refractivity contribution is 5.86. The van der Waals surface area contributed by atoms with Crippen molar-refractivity contribution < 1.29 is 9.63 Å². The topological polar surface area (TPSA) is 50.7 Å². The third-order valence-corrected chi connectivity index (χ3v) is 2.90. The fourth-order valence-electron chi connectivity index (χ4n) is 1.08.